The zero-order chi connectivity index (χ0) is 21.1. The Hall–Kier alpha value is -3.87. The molecule has 0 aliphatic carbocycles. The van der Waals surface area contributed by atoms with Crippen LogP contribution in [0.25, 0.3) is 22.6 Å². The smallest absolute Gasteiger partial charge is 0.251 e. The van der Waals surface area contributed by atoms with Crippen LogP contribution >= 0.6 is 0 Å². The van der Waals surface area contributed by atoms with Gasteiger partial charge in [0.1, 0.15) is 11.6 Å². The monoisotopic (exact) mass is 407 g/mol. The second kappa shape index (κ2) is 8.24. The summed E-state index contributed by atoms with van der Waals surface area (Å²) in [5, 5.41) is 2.67. The highest BCUT2D eigenvalue weighted by Crippen LogP contribution is 2.22. The molecular formula is C23H16F3N3O. The van der Waals surface area contributed by atoms with Crippen LogP contribution in [-0.4, -0.2) is 15.9 Å². The number of hydrogen-bond donors (Lipinski definition) is 2. The summed E-state index contributed by atoms with van der Waals surface area (Å²) in [6.45, 7) is 0.233. The molecule has 0 saturated carbocycles. The number of aromatic nitrogens is 2. The van der Waals surface area contributed by atoms with Crippen LogP contribution in [0.15, 0.2) is 72.9 Å². The van der Waals surface area contributed by atoms with E-state index in [2.05, 4.69) is 15.3 Å². The summed E-state index contributed by atoms with van der Waals surface area (Å²) in [6, 6.07) is 16.5. The van der Waals surface area contributed by atoms with Gasteiger partial charge in [-0.2, -0.15) is 0 Å². The average Bonchev–Trinajstić information content (AvgIpc) is 3.25. The third-order valence-electron chi connectivity index (χ3n) is 4.59. The van der Waals surface area contributed by atoms with Crippen LogP contribution < -0.4 is 5.32 Å². The maximum Gasteiger partial charge on any atom is 0.251 e. The first kappa shape index (κ1) is 19.4. The Bertz CT molecular complexity index is 1190. The van der Waals surface area contributed by atoms with Crippen molar-refractivity contribution < 1.29 is 18.0 Å². The van der Waals surface area contributed by atoms with Crippen LogP contribution in [0.2, 0.25) is 0 Å². The fourth-order valence-corrected chi connectivity index (χ4v) is 2.95. The molecule has 1 amide bonds. The van der Waals surface area contributed by atoms with E-state index in [1.807, 2.05) is 24.3 Å². The van der Waals surface area contributed by atoms with E-state index in [1.165, 1.54) is 18.2 Å². The predicted octanol–water partition coefficient (Wildman–Crippen LogP) is 5.09. The highest BCUT2D eigenvalue weighted by atomic mass is 19.2. The minimum Gasteiger partial charge on any atom is -0.348 e. The molecule has 150 valence electrons. The molecule has 0 unspecified atom stereocenters. The fourth-order valence-electron chi connectivity index (χ4n) is 2.95. The van der Waals surface area contributed by atoms with Crippen molar-refractivity contribution in [3.8, 4) is 22.6 Å². The van der Waals surface area contributed by atoms with Crippen LogP contribution in [0.3, 0.4) is 0 Å². The summed E-state index contributed by atoms with van der Waals surface area (Å²) in [4.78, 5) is 19.6. The molecule has 2 N–H and O–H groups in total. The lowest BCUT2D eigenvalue weighted by Crippen LogP contribution is -2.22. The van der Waals surface area contributed by atoms with Gasteiger partial charge in [0.05, 0.1) is 11.9 Å². The lowest BCUT2D eigenvalue weighted by Gasteiger charge is -2.07. The molecule has 1 heterocycles. The molecule has 3 aromatic carbocycles. The summed E-state index contributed by atoms with van der Waals surface area (Å²) in [6.07, 6.45) is 1.68. The maximum atomic E-state index is 13.3. The fraction of sp³-hybridized carbons (Fsp3) is 0.0435. The van der Waals surface area contributed by atoms with Crippen molar-refractivity contribution >= 4 is 5.91 Å². The summed E-state index contributed by atoms with van der Waals surface area (Å²) >= 11 is 0. The van der Waals surface area contributed by atoms with Crippen LogP contribution in [0.4, 0.5) is 13.2 Å². The van der Waals surface area contributed by atoms with Gasteiger partial charge >= 0.3 is 0 Å². The van der Waals surface area contributed by atoms with Crippen molar-refractivity contribution in [2.75, 3.05) is 0 Å². The first-order chi connectivity index (χ1) is 14.5. The molecule has 0 aliphatic heterocycles. The van der Waals surface area contributed by atoms with Crippen molar-refractivity contribution in [1.82, 2.24) is 15.3 Å². The van der Waals surface area contributed by atoms with Gasteiger partial charge in [-0.05, 0) is 53.6 Å². The molecular weight excluding hydrogens is 391 g/mol. The zero-order valence-electron chi connectivity index (χ0n) is 15.6. The molecule has 0 fully saturated rings. The van der Waals surface area contributed by atoms with E-state index in [4.69, 9.17) is 0 Å². The molecule has 4 aromatic rings. The number of hydrogen-bond acceptors (Lipinski definition) is 2. The van der Waals surface area contributed by atoms with Crippen molar-refractivity contribution in [3.63, 3.8) is 0 Å². The number of halogens is 3. The summed E-state index contributed by atoms with van der Waals surface area (Å²) in [5.74, 6) is -2.20. The molecule has 0 atom stereocenters. The second-order valence-electron chi connectivity index (χ2n) is 6.66. The largest absolute Gasteiger partial charge is 0.348 e. The number of carbonyl (C=O) groups is 1. The highest BCUT2D eigenvalue weighted by Gasteiger charge is 2.10. The van der Waals surface area contributed by atoms with Gasteiger partial charge in [-0.3, -0.25) is 4.79 Å². The zero-order valence-corrected chi connectivity index (χ0v) is 15.6. The molecule has 0 spiro atoms. The van der Waals surface area contributed by atoms with E-state index in [0.29, 0.717) is 5.82 Å². The Morgan fingerprint density at radius 2 is 1.57 bits per heavy atom. The Labute approximate surface area is 170 Å². The summed E-state index contributed by atoms with van der Waals surface area (Å²) in [5.41, 5.74) is 3.33. The molecule has 0 saturated heterocycles. The SMILES string of the molecule is O=C(NCc1ccc(-c2ncc(-c3ccc(F)cc3)[nH]2)cc1)c1ccc(F)c(F)c1. The van der Waals surface area contributed by atoms with Crippen LogP contribution in [0, 0.1) is 17.5 Å². The highest BCUT2D eigenvalue weighted by molar-refractivity contribution is 5.94. The number of imidazole rings is 1. The van der Waals surface area contributed by atoms with E-state index in [-0.39, 0.29) is 17.9 Å². The van der Waals surface area contributed by atoms with Crippen LogP contribution in [0.5, 0.6) is 0 Å². The molecule has 1 aromatic heterocycles. The lowest BCUT2D eigenvalue weighted by molar-refractivity contribution is 0.0950. The second-order valence-corrected chi connectivity index (χ2v) is 6.66. The normalized spacial score (nSPS) is 10.8. The number of carbonyl (C=O) groups excluding carboxylic acids is 1. The van der Waals surface area contributed by atoms with Crippen molar-refractivity contribution in [2.45, 2.75) is 6.54 Å². The molecule has 4 nitrogen and oxygen atoms in total. The molecule has 30 heavy (non-hydrogen) atoms. The first-order valence-corrected chi connectivity index (χ1v) is 9.13. The Kier molecular flexibility index (Phi) is 5.34. The maximum absolute atomic E-state index is 13.3. The van der Waals surface area contributed by atoms with Gasteiger partial charge in [0.15, 0.2) is 11.6 Å². The predicted molar refractivity (Wildman–Crippen MR) is 107 cm³/mol. The van der Waals surface area contributed by atoms with Gasteiger partial charge in [-0.25, -0.2) is 18.2 Å². The minimum atomic E-state index is -1.06. The molecule has 4 rings (SSSR count). The number of H-pyrrole nitrogens is 1. The summed E-state index contributed by atoms with van der Waals surface area (Å²) in [7, 11) is 0. The van der Waals surface area contributed by atoms with Gasteiger partial charge < -0.3 is 10.3 Å². The number of rotatable bonds is 5. The lowest BCUT2D eigenvalue weighted by atomic mass is 10.1. The summed E-state index contributed by atoms with van der Waals surface area (Å²) < 4.78 is 39.3. The van der Waals surface area contributed by atoms with E-state index in [0.717, 1.165) is 34.5 Å². The number of nitrogens with zero attached hydrogens (tertiary/aromatic N) is 1. The van der Waals surface area contributed by atoms with Gasteiger partial charge in [0.2, 0.25) is 0 Å². The molecule has 0 aliphatic rings. The Morgan fingerprint density at radius 3 is 2.27 bits per heavy atom. The molecule has 0 bridgehead atoms. The standard InChI is InChI=1S/C23H16F3N3O/c24-18-8-5-15(6-9-18)21-13-27-22(29-21)16-3-1-14(2-4-16)12-28-23(30)17-7-10-19(25)20(26)11-17/h1-11,13H,12H2,(H,27,29)(H,28,30). The molecule has 0 radical (unpaired) electrons. The van der Waals surface area contributed by atoms with E-state index >= 15 is 0 Å². The third kappa shape index (κ3) is 4.25. The van der Waals surface area contributed by atoms with E-state index in [9.17, 15) is 18.0 Å². The van der Waals surface area contributed by atoms with Crippen molar-refractivity contribution in [1.29, 1.82) is 0 Å². The van der Waals surface area contributed by atoms with Gasteiger partial charge in [-0.15, -0.1) is 0 Å². The van der Waals surface area contributed by atoms with Gasteiger partial charge in [0, 0.05) is 17.7 Å². The number of nitrogens with one attached hydrogen (secondary N) is 2. The Balaban J connectivity index is 1.41. The Morgan fingerprint density at radius 1 is 0.867 bits per heavy atom. The van der Waals surface area contributed by atoms with Gasteiger partial charge in [0.25, 0.3) is 5.91 Å². The van der Waals surface area contributed by atoms with Crippen LogP contribution in [-0.2, 0) is 6.54 Å². The average molecular weight is 407 g/mol. The van der Waals surface area contributed by atoms with Crippen molar-refractivity contribution in [2.24, 2.45) is 0 Å². The number of aromatic amines is 1. The van der Waals surface area contributed by atoms with Gasteiger partial charge in [-0.1, -0.05) is 24.3 Å². The molecule has 7 heteroatoms. The van der Waals surface area contributed by atoms with Crippen molar-refractivity contribution in [3.05, 3.63) is 102 Å². The van der Waals surface area contributed by atoms with E-state index < -0.39 is 17.5 Å². The minimum absolute atomic E-state index is 0.0504. The quantitative estimate of drug-likeness (QED) is 0.484. The first-order valence-electron chi connectivity index (χ1n) is 9.13. The van der Waals surface area contributed by atoms with Crippen LogP contribution in [0.1, 0.15) is 15.9 Å². The topological polar surface area (TPSA) is 57.8 Å². The third-order valence-corrected chi connectivity index (χ3v) is 4.59. The van der Waals surface area contributed by atoms with E-state index in [1.54, 1.807) is 18.3 Å². The number of benzene rings is 3. The number of amides is 1.